The highest BCUT2D eigenvalue weighted by Crippen LogP contribution is 2.23. The predicted octanol–water partition coefficient (Wildman–Crippen LogP) is 3.22. The average Bonchev–Trinajstić information content (AvgIpc) is 3.18. The number of benzene rings is 2. The summed E-state index contributed by atoms with van der Waals surface area (Å²) in [6, 6.07) is 19.2. The molecule has 0 spiro atoms. The highest BCUT2D eigenvalue weighted by Gasteiger charge is 2.18. The molecular weight excluding hydrogens is 342 g/mol. The molecule has 6 heteroatoms. The zero-order valence-corrected chi connectivity index (χ0v) is 15.1. The highest BCUT2D eigenvalue weighted by molar-refractivity contribution is 5.99. The van der Waals surface area contributed by atoms with Gasteiger partial charge in [-0.05, 0) is 18.6 Å². The van der Waals surface area contributed by atoms with Crippen LogP contribution in [0.2, 0.25) is 0 Å². The first-order chi connectivity index (χ1) is 13.2. The molecule has 0 radical (unpaired) electrons. The van der Waals surface area contributed by atoms with Crippen molar-refractivity contribution < 1.29 is 14.3 Å². The molecule has 0 aliphatic rings. The van der Waals surface area contributed by atoms with Crippen molar-refractivity contribution in [2.75, 3.05) is 13.7 Å². The van der Waals surface area contributed by atoms with Gasteiger partial charge in [0, 0.05) is 24.7 Å². The SMILES string of the molecule is COC(=O)CCCNC(=O)c1cn(-c2ccccc2)nc1-c1ccccc1. The predicted molar refractivity (Wildman–Crippen MR) is 103 cm³/mol. The van der Waals surface area contributed by atoms with Crippen molar-refractivity contribution in [2.24, 2.45) is 0 Å². The molecule has 138 valence electrons. The fraction of sp³-hybridized carbons (Fsp3) is 0.190. The van der Waals surface area contributed by atoms with Gasteiger partial charge in [-0.2, -0.15) is 5.10 Å². The van der Waals surface area contributed by atoms with Crippen LogP contribution in [0.1, 0.15) is 23.2 Å². The van der Waals surface area contributed by atoms with Crippen LogP contribution >= 0.6 is 0 Å². The molecule has 3 aromatic rings. The number of rotatable bonds is 7. The van der Waals surface area contributed by atoms with Crippen molar-refractivity contribution in [3.63, 3.8) is 0 Å². The highest BCUT2D eigenvalue weighted by atomic mass is 16.5. The normalized spacial score (nSPS) is 10.4. The Bertz CT molecular complexity index is 905. The molecular formula is C21H21N3O3. The van der Waals surface area contributed by atoms with Gasteiger partial charge in [-0.3, -0.25) is 9.59 Å². The van der Waals surface area contributed by atoms with Crippen molar-refractivity contribution in [3.8, 4) is 16.9 Å². The Morgan fingerprint density at radius 2 is 1.70 bits per heavy atom. The number of aromatic nitrogens is 2. The van der Waals surface area contributed by atoms with Crippen LogP contribution in [-0.2, 0) is 9.53 Å². The van der Waals surface area contributed by atoms with E-state index in [0.29, 0.717) is 24.2 Å². The summed E-state index contributed by atoms with van der Waals surface area (Å²) in [6.45, 7) is 0.388. The molecule has 0 aliphatic carbocycles. The molecule has 1 N–H and O–H groups in total. The van der Waals surface area contributed by atoms with Crippen LogP contribution in [0.3, 0.4) is 0 Å². The lowest BCUT2D eigenvalue weighted by Gasteiger charge is -2.05. The molecule has 27 heavy (non-hydrogen) atoms. The third-order valence-corrected chi connectivity index (χ3v) is 4.10. The maximum Gasteiger partial charge on any atom is 0.305 e. The minimum absolute atomic E-state index is 0.221. The third-order valence-electron chi connectivity index (χ3n) is 4.10. The van der Waals surface area contributed by atoms with E-state index < -0.39 is 0 Å². The van der Waals surface area contributed by atoms with Gasteiger partial charge in [0.25, 0.3) is 5.91 Å². The number of carbonyl (C=O) groups is 2. The van der Waals surface area contributed by atoms with Crippen LogP contribution in [-0.4, -0.2) is 35.3 Å². The van der Waals surface area contributed by atoms with Gasteiger partial charge in [0.1, 0.15) is 5.69 Å². The van der Waals surface area contributed by atoms with Crippen LogP contribution < -0.4 is 5.32 Å². The summed E-state index contributed by atoms with van der Waals surface area (Å²) in [7, 11) is 1.35. The molecule has 0 unspecified atom stereocenters. The molecule has 0 saturated heterocycles. The van der Waals surface area contributed by atoms with Crippen LogP contribution in [0.15, 0.2) is 66.9 Å². The van der Waals surface area contributed by atoms with Crippen LogP contribution in [0.25, 0.3) is 16.9 Å². The second-order valence-electron chi connectivity index (χ2n) is 5.97. The van der Waals surface area contributed by atoms with E-state index in [-0.39, 0.29) is 18.3 Å². The van der Waals surface area contributed by atoms with Gasteiger partial charge in [0.15, 0.2) is 0 Å². The average molecular weight is 363 g/mol. The van der Waals surface area contributed by atoms with E-state index in [1.54, 1.807) is 10.9 Å². The largest absolute Gasteiger partial charge is 0.469 e. The Hall–Kier alpha value is -3.41. The third kappa shape index (κ3) is 4.61. The summed E-state index contributed by atoms with van der Waals surface area (Å²) in [5, 5.41) is 7.48. The quantitative estimate of drug-likeness (QED) is 0.517. The van der Waals surface area contributed by atoms with E-state index in [2.05, 4.69) is 15.2 Å². The molecule has 1 amide bonds. The molecule has 0 atom stereocenters. The van der Waals surface area contributed by atoms with Crippen LogP contribution in [0.5, 0.6) is 0 Å². The number of amides is 1. The fourth-order valence-corrected chi connectivity index (χ4v) is 2.69. The Balaban J connectivity index is 1.83. The molecule has 6 nitrogen and oxygen atoms in total. The first-order valence-corrected chi connectivity index (χ1v) is 8.74. The first kappa shape index (κ1) is 18.4. The van der Waals surface area contributed by atoms with Crippen LogP contribution in [0, 0.1) is 0 Å². The van der Waals surface area contributed by atoms with Crippen molar-refractivity contribution >= 4 is 11.9 Å². The summed E-state index contributed by atoms with van der Waals surface area (Å²) < 4.78 is 6.31. The lowest BCUT2D eigenvalue weighted by atomic mass is 10.1. The summed E-state index contributed by atoms with van der Waals surface area (Å²) in [5.74, 6) is -0.507. The summed E-state index contributed by atoms with van der Waals surface area (Å²) in [4.78, 5) is 23.9. The molecule has 0 bridgehead atoms. The number of methoxy groups -OCH3 is 1. The minimum atomic E-state index is -0.286. The Morgan fingerprint density at radius 1 is 1.04 bits per heavy atom. The number of esters is 1. The van der Waals surface area contributed by atoms with Crippen molar-refractivity contribution in [1.29, 1.82) is 0 Å². The second kappa shape index (κ2) is 8.80. The minimum Gasteiger partial charge on any atom is -0.469 e. The molecule has 2 aromatic carbocycles. The lowest BCUT2D eigenvalue weighted by molar-refractivity contribution is -0.140. The number of nitrogens with one attached hydrogen (secondary N) is 1. The smallest absolute Gasteiger partial charge is 0.305 e. The van der Waals surface area contributed by atoms with E-state index in [4.69, 9.17) is 0 Å². The van der Waals surface area contributed by atoms with Gasteiger partial charge in [0.05, 0.1) is 18.4 Å². The molecule has 0 saturated carbocycles. The lowest BCUT2D eigenvalue weighted by Crippen LogP contribution is -2.25. The van der Waals surface area contributed by atoms with E-state index in [1.807, 2.05) is 60.7 Å². The number of para-hydroxylation sites is 1. The zero-order chi connectivity index (χ0) is 19.1. The standard InChI is InChI=1S/C21H21N3O3/c1-27-19(25)13-8-14-22-21(26)18-15-24(17-11-6-3-7-12-17)23-20(18)16-9-4-2-5-10-16/h2-7,9-12,15H,8,13-14H2,1H3,(H,22,26). The molecule has 3 rings (SSSR count). The molecule has 0 fully saturated rings. The summed E-state index contributed by atoms with van der Waals surface area (Å²) >= 11 is 0. The van der Waals surface area contributed by atoms with Crippen LogP contribution in [0.4, 0.5) is 0 Å². The summed E-state index contributed by atoms with van der Waals surface area (Å²) in [5.41, 5.74) is 2.85. The Labute approximate surface area is 157 Å². The molecule has 1 heterocycles. The zero-order valence-electron chi connectivity index (χ0n) is 15.1. The van der Waals surface area contributed by atoms with Crippen molar-refractivity contribution in [3.05, 3.63) is 72.4 Å². The van der Waals surface area contributed by atoms with Gasteiger partial charge < -0.3 is 10.1 Å². The first-order valence-electron chi connectivity index (χ1n) is 8.74. The summed E-state index contributed by atoms with van der Waals surface area (Å²) in [6.07, 6.45) is 2.52. The topological polar surface area (TPSA) is 73.2 Å². The van der Waals surface area contributed by atoms with Crippen molar-refractivity contribution in [2.45, 2.75) is 12.8 Å². The van der Waals surface area contributed by atoms with E-state index in [0.717, 1.165) is 11.3 Å². The maximum absolute atomic E-state index is 12.7. The number of ether oxygens (including phenoxy) is 1. The Morgan fingerprint density at radius 3 is 2.37 bits per heavy atom. The van der Waals surface area contributed by atoms with Gasteiger partial charge in [-0.25, -0.2) is 4.68 Å². The Kier molecular flexibility index (Phi) is 5.99. The van der Waals surface area contributed by atoms with E-state index in [1.165, 1.54) is 7.11 Å². The number of hydrogen-bond acceptors (Lipinski definition) is 4. The fourth-order valence-electron chi connectivity index (χ4n) is 2.69. The van der Waals surface area contributed by atoms with Gasteiger partial charge in [-0.1, -0.05) is 48.5 Å². The van der Waals surface area contributed by atoms with E-state index in [9.17, 15) is 9.59 Å². The van der Waals surface area contributed by atoms with Gasteiger partial charge >= 0.3 is 5.97 Å². The molecule has 0 aliphatic heterocycles. The monoisotopic (exact) mass is 363 g/mol. The van der Waals surface area contributed by atoms with Crippen molar-refractivity contribution in [1.82, 2.24) is 15.1 Å². The van der Waals surface area contributed by atoms with Gasteiger partial charge in [-0.15, -0.1) is 0 Å². The number of carbonyl (C=O) groups excluding carboxylic acids is 2. The number of nitrogens with zero attached hydrogens (tertiary/aromatic N) is 2. The number of hydrogen-bond donors (Lipinski definition) is 1. The maximum atomic E-state index is 12.7. The second-order valence-corrected chi connectivity index (χ2v) is 5.97. The van der Waals surface area contributed by atoms with E-state index >= 15 is 0 Å². The van der Waals surface area contributed by atoms with Gasteiger partial charge in [0.2, 0.25) is 0 Å². The molecule has 1 aromatic heterocycles.